The van der Waals surface area contributed by atoms with Crippen molar-refractivity contribution in [2.45, 2.75) is 6.04 Å². The summed E-state index contributed by atoms with van der Waals surface area (Å²) >= 11 is 0. The Kier molecular flexibility index (Phi) is 4.43. The highest BCUT2D eigenvalue weighted by molar-refractivity contribution is 5.90. The highest BCUT2D eigenvalue weighted by Gasteiger charge is 2.14. The highest BCUT2D eigenvalue weighted by atomic mass is 16.7. The molecule has 0 aliphatic carbocycles. The molecular weight excluding hydrogens is 212 g/mol. The molecular formula is C10H12N2O4. The van der Waals surface area contributed by atoms with Gasteiger partial charge in [-0.15, -0.1) is 0 Å². The van der Waals surface area contributed by atoms with Gasteiger partial charge in [0.1, 0.15) is 6.04 Å². The first-order chi connectivity index (χ1) is 7.65. The van der Waals surface area contributed by atoms with E-state index in [1.165, 1.54) is 0 Å². The second kappa shape index (κ2) is 5.84. The lowest BCUT2D eigenvalue weighted by Gasteiger charge is -2.08. The number of benzene rings is 1. The first kappa shape index (κ1) is 12.2. The van der Waals surface area contributed by atoms with Gasteiger partial charge in [-0.1, -0.05) is 18.2 Å². The van der Waals surface area contributed by atoms with E-state index in [-0.39, 0.29) is 0 Å². The third kappa shape index (κ3) is 3.34. The van der Waals surface area contributed by atoms with Crippen LogP contribution in [0.1, 0.15) is 10.4 Å². The van der Waals surface area contributed by atoms with Crippen LogP contribution >= 0.6 is 0 Å². The number of nitrogens with two attached hydrogens (primary N) is 1. The van der Waals surface area contributed by atoms with Crippen molar-refractivity contribution in [2.75, 3.05) is 6.61 Å². The summed E-state index contributed by atoms with van der Waals surface area (Å²) in [5.41, 5.74) is 7.35. The maximum Gasteiger partial charge on any atom is 0.362 e. The van der Waals surface area contributed by atoms with E-state index in [0.717, 1.165) is 0 Å². The molecule has 1 rings (SSSR count). The monoisotopic (exact) mass is 224 g/mol. The third-order valence-electron chi connectivity index (χ3n) is 1.79. The summed E-state index contributed by atoms with van der Waals surface area (Å²) in [7, 11) is 0. The standard InChI is InChI=1S/C10H12N2O4/c11-8(6-13)9(14)12-16-10(15)7-4-2-1-3-5-7/h1-5,8,13H,6,11H2,(H,12,14)/t8-/m0/s1. The quantitative estimate of drug-likeness (QED) is 0.583. The van der Waals surface area contributed by atoms with Gasteiger partial charge >= 0.3 is 5.97 Å². The van der Waals surface area contributed by atoms with Gasteiger partial charge in [-0.05, 0) is 12.1 Å². The molecule has 4 N–H and O–H groups in total. The average molecular weight is 224 g/mol. The topological polar surface area (TPSA) is 102 Å². The zero-order chi connectivity index (χ0) is 12.0. The number of hydrogen-bond acceptors (Lipinski definition) is 5. The maximum absolute atomic E-state index is 11.3. The molecule has 0 saturated carbocycles. The highest BCUT2D eigenvalue weighted by Crippen LogP contribution is 1.99. The first-order valence-corrected chi connectivity index (χ1v) is 4.57. The van der Waals surface area contributed by atoms with Gasteiger partial charge in [0.25, 0.3) is 5.91 Å². The van der Waals surface area contributed by atoms with Crippen LogP contribution in [0.15, 0.2) is 30.3 Å². The number of aliphatic hydroxyl groups is 1. The predicted molar refractivity (Wildman–Crippen MR) is 55.1 cm³/mol. The predicted octanol–water partition coefficient (Wildman–Crippen LogP) is -0.806. The smallest absolute Gasteiger partial charge is 0.362 e. The molecule has 0 aromatic heterocycles. The van der Waals surface area contributed by atoms with Gasteiger partial charge in [-0.3, -0.25) is 4.79 Å². The first-order valence-electron chi connectivity index (χ1n) is 4.57. The summed E-state index contributed by atoms with van der Waals surface area (Å²) in [5, 5.41) is 8.56. The van der Waals surface area contributed by atoms with Crippen LogP contribution in [0, 0.1) is 0 Å². The van der Waals surface area contributed by atoms with Crippen molar-refractivity contribution in [3.63, 3.8) is 0 Å². The summed E-state index contributed by atoms with van der Waals surface area (Å²) in [4.78, 5) is 26.8. The number of carbonyl (C=O) groups excluding carboxylic acids is 2. The number of nitrogens with one attached hydrogen (secondary N) is 1. The molecule has 0 aliphatic heterocycles. The van der Waals surface area contributed by atoms with Crippen molar-refractivity contribution in [3.8, 4) is 0 Å². The number of aliphatic hydroxyl groups excluding tert-OH is 1. The maximum atomic E-state index is 11.3. The van der Waals surface area contributed by atoms with Crippen LogP contribution in [0.5, 0.6) is 0 Å². The molecule has 6 nitrogen and oxygen atoms in total. The fraction of sp³-hybridized carbons (Fsp3) is 0.200. The Morgan fingerprint density at radius 1 is 1.38 bits per heavy atom. The average Bonchev–Trinajstić information content (AvgIpc) is 2.35. The van der Waals surface area contributed by atoms with Crippen LogP contribution < -0.4 is 11.2 Å². The molecule has 0 heterocycles. The fourth-order valence-electron chi connectivity index (χ4n) is 0.888. The van der Waals surface area contributed by atoms with Gasteiger partial charge in [-0.2, -0.15) is 5.48 Å². The molecule has 0 fully saturated rings. The van der Waals surface area contributed by atoms with Crippen molar-refractivity contribution in [1.29, 1.82) is 0 Å². The van der Waals surface area contributed by atoms with Crippen LogP contribution in [0.25, 0.3) is 0 Å². The lowest BCUT2D eigenvalue weighted by molar-refractivity contribution is -0.132. The van der Waals surface area contributed by atoms with Crippen molar-refractivity contribution in [3.05, 3.63) is 35.9 Å². The van der Waals surface area contributed by atoms with Crippen molar-refractivity contribution >= 4 is 11.9 Å². The summed E-state index contributed by atoms with van der Waals surface area (Å²) in [6, 6.07) is 7.05. The summed E-state index contributed by atoms with van der Waals surface area (Å²) in [5.74, 6) is -1.45. The number of rotatable bonds is 3. The molecule has 0 aliphatic rings. The molecule has 0 bridgehead atoms. The Balaban J connectivity index is 2.45. The van der Waals surface area contributed by atoms with Crippen molar-refractivity contribution < 1.29 is 19.5 Å². The Hall–Kier alpha value is -1.92. The molecule has 1 amide bonds. The van der Waals surface area contributed by atoms with Gasteiger partial charge in [0.15, 0.2) is 0 Å². The second-order valence-corrected chi connectivity index (χ2v) is 3.01. The van der Waals surface area contributed by atoms with Crippen LogP contribution in [-0.2, 0) is 9.63 Å². The van der Waals surface area contributed by atoms with E-state index in [4.69, 9.17) is 10.8 Å². The SMILES string of the molecule is N[C@@H](CO)C(=O)NOC(=O)c1ccccc1. The van der Waals surface area contributed by atoms with E-state index in [0.29, 0.717) is 5.56 Å². The molecule has 86 valence electrons. The minimum Gasteiger partial charge on any atom is -0.394 e. The molecule has 1 aromatic rings. The summed E-state index contributed by atoms with van der Waals surface area (Å²) in [6.45, 7) is -0.519. The van der Waals surface area contributed by atoms with Crippen LogP contribution in [0.4, 0.5) is 0 Å². The van der Waals surface area contributed by atoms with Crippen LogP contribution in [-0.4, -0.2) is 29.6 Å². The molecule has 1 aromatic carbocycles. The summed E-state index contributed by atoms with van der Waals surface area (Å²) in [6.07, 6.45) is 0. The van der Waals surface area contributed by atoms with Gasteiger partial charge in [0, 0.05) is 0 Å². The zero-order valence-corrected chi connectivity index (χ0v) is 8.42. The molecule has 0 radical (unpaired) electrons. The molecule has 0 spiro atoms. The van der Waals surface area contributed by atoms with Crippen molar-refractivity contribution in [2.24, 2.45) is 5.73 Å². The molecule has 16 heavy (non-hydrogen) atoms. The lowest BCUT2D eigenvalue weighted by atomic mass is 10.2. The van der Waals surface area contributed by atoms with Gasteiger partial charge < -0.3 is 15.7 Å². The summed E-state index contributed by atoms with van der Waals surface area (Å²) < 4.78 is 0. The van der Waals surface area contributed by atoms with E-state index in [1.54, 1.807) is 30.3 Å². The van der Waals surface area contributed by atoms with E-state index >= 15 is 0 Å². The number of hydroxylamine groups is 1. The van der Waals surface area contributed by atoms with E-state index in [1.807, 2.05) is 5.48 Å². The van der Waals surface area contributed by atoms with Gasteiger partial charge in [0.2, 0.25) is 0 Å². The lowest BCUT2D eigenvalue weighted by Crippen LogP contribution is -2.43. The van der Waals surface area contributed by atoms with E-state index in [2.05, 4.69) is 4.84 Å². The molecule has 0 saturated heterocycles. The van der Waals surface area contributed by atoms with Crippen molar-refractivity contribution in [1.82, 2.24) is 5.48 Å². The second-order valence-electron chi connectivity index (χ2n) is 3.01. The zero-order valence-electron chi connectivity index (χ0n) is 8.42. The minimum atomic E-state index is -1.11. The molecule has 1 atom stereocenters. The largest absolute Gasteiger partial charge is 0.394 e. The van der Waals surface area contributed by atoms with E-state index < -0.39 is 24.5 Å². The fourth-order valence-corrected chi connectivity index (χ4v) is 0.888. The normalized spacial score (nSPS) is 11.6. The number of amides is 1. The minimum absolute atomic E-state index is 0.306. The Bertz CT molecular complexity index is 366. The van der Waals surface area contributed by atoms with Gasteiger partial charge in [0.05, 0.1) is 12.2 Å². The Morgan fingerprint density at radius 2 is 2.00 bits per heavy atom. The number of carbonyl (C=O) groups is 2. The van der Waals surface area contributed by atoms with Gasteiger partial charge in [-0.25, -0.2) is 4.79 Å². The molecule has 6 heteroatoms. The Morgan fingerprint density at radius 3 is 2.56 bits per heavy atom. The number of hydrogen-bond donors (Lipinski definition) is 3. The van der Waals surface area contributed by atoms with E-state index in [9.17, 15) is 9.59 Å². The van der Waals surface area contributed by atoms with Crippen LogP contribution in [0.2, 0.25) is 0 Å². The molecule has 0 unspecified atom stereocenters. The van der Waals surface area contributed by atoms with Crippen LogP contribution in [0.3, 0.4) is 0 Å². The Labute approximate surface area is 92.0 Å². The third-order valence-corrected chi connectivity index (χ3v) is 1.79.